The number of ether oxygens (including phenoxy) is 1. The number of carbonyl (C=O) groups excluding carboxylic acids is 1. The lowest BCUT2D eigenvalue weighted by Gasteiger charge is -2.25. The molecule has 28 heavy (non-hydrogen) atoms. The number of amides is 1. The molecule has 1 fully saturated rings. The van der Waals surface area contributed by atoms with Crippen LogP contribution in [0.25, 0.3) is 0 Å². The topological polar surface area (TPSA) is 75.7 Å². The molecule has 150 valence electrons. The summed E-state index contributed by atoms with van der Waals surface area (Å²) in [5.41, 5.74) is 1.16. The number of rotatable bonds is 5. The van der Waals surface area contributed by atoms with Crippen LogP contribution in [-0.4, -0.2) is 50.7 Å². The third-order valence-corrected chi connectivity index (χ3v) is 9.40. The van der Waals surface area contributed by atoms with Crippen molar-refractivity contribution in [3.8, 4) is 0 Å². The van der Waals surface area contributed by atoms with E-state index in [1.165, 1.54) is 20.5 Å². The number of hydrogen-bond acceptors (Lipinski definition) is 6. The van der Waals surface area contributed by atoms with Gasteiger partial charge in [0.1, 0.15) is 4.21 Å². The average molecular weight is 439 g/mol. The van der Waals surface area contributed by atoms with E-state index in [2.05, 4.69) is 17.4 Å². The fourth-order valence-electron chi connectivity index (χ4n) is 3.40. The molecular formula is C19H22N2O4S3. The van der Waals surface area contributed by atoms with Crippen LogP contribution in [0, 0.1) is 0 Å². The summed E-state index contributed by atoms with van der Waals surface area (Å²) in [7, 11) is -3.51. The maximum Gasteiger partial charge on any atom is 0.252 e. The molecule has 2 aromatic rings. The Morgan fingerprint density at radius 2 is 1.96 bits per heavy atom. The van der Waals surface area contributed by atoms with Crippen LogP contribution in [0.5, 0.6) is 0 Å². The summed E-state index contributed by atoms with van der Waals surface area (Å²) >= 11 is 2.99. The van der Waals surface area contributed by atoms with Crippen LogP contribution in [-0.2, 0) is 26.0 Å². The number of morpholine rings is 1. The Hall–Kier alpha value is -1.39. The number of sulfonamides is 1. The normalized spacial score (nSPS) is 20.5. The van der Waals surface area contributed by atoms with E-state index < -0.39 is 10.0 Å². The third kappa shape index (κ3) is 4.28. The molecular weight excluding hydrogens is 416 g/mol. The van der Waals surface area contributed by atoms with Crippen molar-refractivity contribution in [1.29, 1.82) is 0 Å². The zero-order valence-electron chi connectivity index (χ0n) is 15.3. The van der Waals surface area contributed by atoms with E-state index in [0.29, 0.717) is 26.3 Å². The van der Waals surface area contributed by atoms with Crippen molar-refractivity contribution in [2.75, 3.05) is 32.1 Å². The van der Waals surface area contributed by atoms with Gasteiger partial charge in [0.05, 0.1) is 25.7 Å². The molecule has 2 aliphatic heterocycles. The number of nitrogens with zero attached hydrogens (tertiary/aromatic N) is 1. The summed E-state index contributed by atoms with van der Waals surface area (Å²) in [6.07, 6.45) is 1.09. The highest BCUT2D eigenvalue weighted by Crippen LogP contribution is 2.36. The SMILES string of the molecule is O=C(Cc1ccc(S(=O)(=O)N2CCOCC2)s1)NC1CCSc2ccccc21. The minimum absolute atomic E-state index is 0.0152. The first kappa shape index (κ1) is 19.9. The van der Waals surface area contributed by atoms with Crippen molar-refractivity contribution in [1.82, 2.24) is 9.62 Å². The van der Waals surface area contributed by atoms with Crippen LogP contribution in [0.15, 0.2) is 45.5 Å². The molecule has 0 radical (unpaired) electrons. The summed E-state index contributed by atoms with van der Waals surface area (Å²) < 4.78 is 32.4. The van der Waals surface area contributed by atoms with Crippen LogP contribution in [0.3, 0.4) is 0 Å². The van der Waals surface area contributed by atoms with Crippen molar-refractivity contribution in [3.63, 3.8) is 0 Å². The highest BCUT2D eigenvalue weighted by atomic mass is 32.2. The van der Waals surface area contributed by atoms with E-state index in [4.69, 9.17) is 4.74 Å². The number of carbonyl (C=O) groups is 1. The highest BCUT2D eigenvalue weighted by molar-refractivity contribution is 7.99. The molecule has 9 heteroatoms. The Morgan fingerprint density at radius 3 is 2.79 bits per heavy atom. The Balaban J connectivity index is 1.41. The molecule has 1 saturated heterocycles. The quantitative estimate of drug-likeness (QED) is 0.777. The summed E-state index contributed by atoms with van der Waals surface area (Å²) in [5.74, 6) is 0.895. The maximum atomic E-state index is 12.7. The second kappa shape index (κ2) is 8.54. The van der Waals surface area contributed by atoms with Gasteiger partial charge < -0.3 is 10.1 Å². The van der Waals surface area contributed by atoms with Crippen LogP contribution in [0.4, 0.5) is 0 Å². The molecule has 1 aromatic heterocycles. The lowest BCUT2D eigenvalue weighted by molar-refractivity contribution is -0.121. The van der Waals surface area contributed by atoms with E-state index in [9.17, 15) is 13.2 Å². The van der Waals surface area contributed by atoms with Gasteiger partial charge >= 0.3 is 0 Å². The van der Waals surface area contributed by atoms with Crippen molar-refractivity contribution in [2.24, 2.45) is 0 Å². The van der Waals surface area contributed by atoms with Gasteiger partial charge in [-0.3, -0.25) is 4.79 Å². The molecule has 0 spiro atoms. The molecule has 3 heterocycles. The van der Waals surface area contributed by atoms with Gasteiger partial charge in [-0.2, -0.15) is 4.31 Å². The number of nitrogens with one attached hydrogen (secondary N) is 1. The first-order valence-corrected chi connectivity index (χ1v) is 12.5. The average Bonchev–Trinajstić information content (AvgIpc) is 3.18. The minimum Gasteiger partial charge on any atom is -0.379 e. The van der Waals surface area contributed by atoms with Crippen LogP contribution >= 0.6 is 23.1 Å². The second-order valence-corrected chi connectivity index (χ2v) is 11.2. The number of thiophene rings is 1. The largest absolute Gasteiger partial charge is 0.379 e. The molecule has 0 aliphatic carbocycles. The van der Waals surface area contributed by atoms with Gasteiger partial charge in [0.15, 0.2) is 0 Å². The van der Waals surface area contributed by atoms with Crippen molar-refractivity contribution >= 4 is 39.0 Å². The molecule has 2 aliphatic rings. The fraction of sp³-hybridized carbons (Fsp3) is 0.421. The number of fused-ring (bicyclic) bond motifs is 1. The van der Waals surface area contributed by atoms with Gasteiger partial charge in [-0.15, -0.1) is 23.1 Å². The van der Waals surface area contributed by atoms with Gasteiger partial charge in [-0.25, -0.2) is 8.42 Å². The lowest BCUT2D eigenvalue weighted by atomic mass is 10.0. The molecule has 1 atom stereocenters. The summed E-state index contributed by atoms with van der Waals surface area (Å²) in [6.45, 7) is 1.58. The molecule has 1 unspecified atom stereocenters. The molecule has 1 N–H and O–H groups in total. The summed E-state index contributed by atoms with van der Waals surface area (Å²) in [6, 6.07) is 11.5. The standard InChI is InChI=1S/C19H22N2O4S3/c22-18(20-16-7-12-26-17-4-2-1-3-15(16)17)13-14-5-6-19(27-14)28(23,24)21-8-10-25-11-9-21/h1-6,16H,7-13H2,(H,20,22). The minimum atomic E-state index is -3.51. The van der Waals surface area contributed by atoms with Crippen molar-refractivity contribution in [2.45, 2.75) is 28.0 Å². The summed E-state index contributed by atoms with van der Waals surface area (Å²) in [5, 5.41) is 3.11. The van der Waals surface area contributed by atoms with Gasteiger partial charge in [0, 0.05) is 28.6 Å². The zero-order valence-corrected chi connectivity index (χ0v) is 17.7. The van der Waals surface area contributed by atoms with E-state index in [-0.39, 0.29) is 22.6 Å². The predicted molar refractivity (Wildman–Crippen MR) is 110 cm³/mol. The number of benzene rings is 1. The van der Waals surface area contributed by atoms with Gasteiger partial charge in [0.2, 0.25) is 5.91 Å². The van der Waals surface area contributed by atoms with Crippen LogP contribution in [0.1, 0.15) is 22.9 Å². The van der Waals surface area contributed by atoms with E-state index >= 15 is 0 Å². The van der Waals surface area contributed by atoms with Gasteiger partial charge in [-0.1, -0.05) is 18.2 Å². The Bertz CT molecular complexity index is 952. The van der Waals surface area contributed by atoms with E-state index in [1.807, 2.05) is 23.9 Å². The van der Waals surface area contributed by atoms with Crippen LogP contribution < -0.4 is 5.32 Å². The highest BCUT2D eigenvalue weighted by Gasteiger charge is 2.28. The maximum absolute atomic E-state index is 12.7. The first-order chi connectivity index (χ1) is 13.5. The zero-order chi connectivity index (χ0) is 19.6. The lowest BCUT2D eigenvalue weighted by Crippen LogP contribution is -2.40. The Labute approximate surface area is 173 Å². The van der Waals surface area contributed by atoms with Crippen LogP contribution in [0.2, 0.25) is 0 Å². The smallest absolute Gasteiger partial charge is 0.252 e. The Kier molecular flexibility index (Phi) is 6.07. The molecule has 4 rings (SSSR count). The molecule has 1 amide bonds. The van der Waals surface area contributed by atoms with E-state index in [1.54, 1.807) is 12.1 Å². The number of hydrogen-bond donors (Lipinski definition) is 1. The van der Waals surface area contributed by atoms with Crippen molar-refractivity contribution in [3.05, 3.63) is 46.8 Å². The fourth-order valence-corrected chi connectivity index (χ4v) is 7.44. The van der Waals surface area contributed by atoms with E-state index in [0.717, 1.165) is 22.6 Å². The molecule has 6 nitrogen and oxygen atoms in total. The molecule has 1 aromatic carbocycles. The monoisotopic (exact) mass is 438 g/mol. The number of thioether (sulfide) groups is 1. The molecule has 0 saturated carbocycles. The second-order valence-electron chi connectivity index (χ2n) is 6.71. The summed E-state index contributed by atoms with van der Waals surface area (Å²) in [4.78, 5) is 14.5. The van der Waals surface area contributed by atoms with Gasteiger partial charge in [0.25, 0.3) is 10.0 Å². The third-order valence-electron chi connectivity index (χ3n) is 4.83. The molecule has 0 bridgehead atoms. The Morgan fingerprint density at radius 1 is 1.18 bits per heavy atom. The first-order valence-electron chi connectivity index (χ1n) is 9.22. The van der Waals surface area contributed by atoms with Crippen molar-refractivity contribution < 1.29 is 17.9 Å². The predicted octanol–water partition coefficient (Wildman–Crippen LogP) is 2.66. The van der Waals surface area contributed by atoms with Gasteiger partial charge in [-0.05, 0) is 30.2 Å².